The lowest BCUT2D eigenvalue weighted by Crippen LogP contribution is -2.30. The summed E-state index contributed by atoms with van der Waals surface area (Å²) in [5.41, 5.74) is 4.58. The molecule has 0 unspecified atom stereocenters. The van der Waals surface area contributed by atoms with Gasteiger partial charge in [-0.2, -0.15) is 0 Å². The van der Waals surface area contributed by atoms with Crippen LogP contribution in [0.15, 0.2) is 144 Å². The Morgan fingerprint density at radius 3 is 2.05 bits per heavy atom. The van der Waals surface area contributed by atoms with Gasteiger partial charge >= 0.3 is 0 Å². The lowest BCUT2D eigenvalue weighted by atomic mass is 10.0. The number of hydrogen-bond donors (Lipinski definition) is 2. The summed E-state index contributed by atoms with van der Waals surface area (Å²) in [4.78, 5) is 39.9. The number of benzene rings is 5. The number of carbonyl (C=O) groups excluding carboxylic acids is 3. The first-order chi connectivity index (χ1) is 21.5. The lowest BCUT2D eigenvalue weighted by Gasteiger charge is -2.12. The Balaban J connectivity index is 1.22. The van der Waals surface area contributed by atoms with Crippen LogP contribution in [0.1, 0.15) is 26.3 Å². The van der Waals surface area contributed by atoms with Gasteiger partial charge in [-0.1, -0.05) is 84.9 Å². The van der Waals surface area contributed by atoms with Gasteiger partial charge in [0.05, 0.1) is 12.9 Å². The molecular formula is C37H30N2O4S. The largest absolute Gasteiger partial charge is 0.497 e. The number of rotatable bonds is 11. The molecule has 0 saturated carbocycles. The van der Waals surface area contributed by atoms with Gasteiger partial charge < -0.3 is 15.4 Å². The van der Waals surface area contributed by atoms with Gasteiger partial charge in [-0.3, -0.25) is 14.4 Å². The van der Waals surface area contributed by atoms with Crippen molar-refractivity contribution in [3.8, 4) is 16.9 Å². The van der Waals surface area contributed by atoms with Gasteiger partial charge in [-0.25, -0.2) is 0 Å². The van der Waals surface area contributed by atoms with E-state index < -0.39 is 11.8 Å². The van der Waals surface area contributed by atoms with E-state index in [4.69, 9.17) is 4.74 Å². The van der Waals surface area contributed by atoms with Crippen LogP contribution < -0.4 is 15.4 Å². The molecule has 7 heteroatoms. The zero-order valence-corrected chi connectivity index (χ0v) is 24.8. The highest BCUT2D eigenvalue weighted by Crippen LogP contribution is 2.24. The first-order valence-corrected chi connectivity index (χ1v) is 14.9. The summed E-state index contributed by atoms with van der Waals surface area (Å²) in [5, 5.41) is 5.59. The Hall–Kier alpha value is -5.40. The maximum atomic E-state index is 13.3. The number of Topliss-reactive ketones (excluding diaryl/α,β-unsaturated/α-hetero) is 1. The van der Waals surface area contributed by atoms with Crippen molar-refractivity contribution < 1.29 is 19.1 Å². The Morgan fingerprint density at radius 2 is 1.36 bits per heavy atom. The zero-order valence-electron chi connectivity index (χ0n) is 24.0. The second-order valence-electron chi connectivity index (χ2n) is 9.79. The summed E-state index contributed by atoms with van der Waals surface area (Å²) >= 11 is 1.43. The highest BCUT2D eigenvalue weighted by Gasteiger charge is 2.16. The number of amides is 2. The summed E-state index contributed by atoms with van der Waals surface area (Å²) in [6.45, 7) is 0. The van der Waals surface area contributed by atoms with Crippen molar-refractivity contribution >= 4 is 41.1 Å². The van der Waals surface area contributed by atoms with Crippen LogP contribution >= 0.6 is 11.8 Å². The Kier molecular flexibility index (Phi) is 10.0. The average Bonchev–Trinajstić information content (AvgIpc) is 3.08. The SMILES string of the molecule is COc1cccc(/C=C(\NC(=O)c2ccccc2)C(=O)Nc2ccc(SCC(=O)c3ccc(-c4ccccc4)cc3)cc2)c1. The summed E-state index contributed by atoms with van der Waals surface area (Å²) in [5.74, 6) is 0.0692. The minimum atomic E-state index is -0.480. The van der Waals surface area contributed by atoms with E-state index in [1.165, 1.54) is 11.8 Å². The van der Waals surface area contributed by atoms with Gasteiger partial charge in [0.25, 0.3) is 11.8 Å². The second-order valence-corrected chi connectivity index (χ2v) is 10.8. The van der Waals surface area contributed by atoms with Crippen LogP contribution in [-0.2, 0) is 4.79 Å². The number of ketones is 1. The summed E-state index contributed by atoms with van der Waals surface area (Å²) in [6, 6.07) is 40.8. The Morgan fingerprint density at radius 1 is 0.705 bits per heavy atom. The van der Waals surface area contributed by atoms with E-state index in [-0.39, 0.29) is 17.2 Å². The van der Waals surface area contributed by atoms with E-state index in [1.807, 2.05) is 78.9 Å². The molecule has 5 aromatic rings. The topological polar surface area (TPSA) is 84.5 Å². The molecule has 6 nitrogen and oxygen atoms in total. The number of thioether (sulfide) groups is 1. The van der Waals surface area contributed by atoms with Crippen molar-refractivity contribution in [3.05, 3.63) is 156 Å². The predicted molar refractivity (Wildman–Crippen MR) is 177 cm³/mol. The molecular weight excluding hydrogens is 568 g/mol. The van der Waals surface area contributed by atoms with Gasteiger partial charge in [0.15, 0.2) is 5.78 Å². The molecule has 2 N–H and O–H groups in total. The normalized spacial score (nSPS) is 11.0. The fourth-order valence-electron chi connectivity index (χ4n) is 4.38. The highest BCUT2D eigenvalue weighted by molar-refractivity contribution is 8.00. The van der Waals surface area contributed by atoms with Crippen molar-refractivity contribution in [2.75, 3.05) is 18.2 Å². The molecule has 0 atom stereocenters. The molecule has 5 rings (SSSR count). The van der Waals surface area contributed by atoms with E-state index in [0.717, 1.165) is 16.0 Å². The third-order valence-electron chi connectivity index (χ3n) is 6.73. The summed E-state index contributed by atoms with van der Waals surface area (Å²) in [6.07, 6.45) is 1.60. The average molecular weight is 599 g/mol. The quantitative estimate of drug-likeness (QED) is 0.0923. The van der Waals surface area contributed by atoms with Crippen LogP contribution in [0.5, 0.6) is 5.75 Å². The molecule has 0 heterocycles. The van der Waals surface area contributed by atoms with Gasteiger partial charge in [0.2, 0.25) is 0 Å². The number of carbonyl (C=O) groups is 3. The predicted octanol–water partition coefficient (Wildman–Crippen LogP) is 7.75. The minimum absolute atomic E-state index is 0.0356. The van der Waals surface area contributed by atoms with Crippen LogP contribution in [0.25, 0.3) is 17.2 Å². The van der Waals surface area contributed by atoms with Crippen LogP contribution in [0.4, 0.5) is 5.69 Å². The van der Waals surface area contributed by atoms with Crippen LogP contribution in [0, 0.1) is 0 Å². The molecule has 0 radical (unpaired) electrons. The van der Waals surface area contributed by atoms with Crippen molar-refractivity contribution in [2.45, 2.75) is 4.90 Å². The molecule has 2 amide bonds. The first-order valence-electron chi connectivity index (χ1n) is 13.9. The summed E-state index contributed by atoms with van der Waals surface area (Å²) in [7, 11) is 1.56. The van der Waals surface area contributed by atoms with Crippen molar-refractivity contribution in [1.82, 2.24) is 5.32 Å². The van der Waals surface area contributed by atoms with Gasteiger partial charge in [-0.05, 0) is 71.3 Å². The molecule has 0 bridgehead atoms. The van der Waals surface area contributed by atoms with Crippen LogP contribution in [0.2, 0.25) is 0 Å². The van der Waals surface area contributed by atoms with Crippen molar-refractivity contribution in [2.24, 2.45) is 0 Å². The van der Waals surface area contributed by atoms with Gasteiger partial charge in [-0.15, -0.1) is 11.8 Å². The maximum Gasteiger partial charge on any atom is 0.272 e. The fourth-order valence-corrected chi connectivity index (χ4v) is 5.18. The molecule has 5 aromatic carbocycles. The molecule has 0 saturated heterocycles. The van der Waals surface area contributed by atoms with Crippen LogP contribution in [-0.4, -0.2) is 30.5 Å². The minimum Gasteiger partial charge on any atom is -0.497 e. The molecule has 218 valence electrons. The van der Waals surface area contributed by atoms with E-state index in [1.54, 1.807) is 67.8 Å². The Labute approximate surface area is 260 Å². The van der Waals surface area contributed by atoms with E-state index in [2.05, 4.69) is 10.6 Å². The van der Waals surface area contributed by atoms with E-state index in [9.17, 15) is 14.4 Å². The third kappa shape index (κ3) is 8.12. The third-order valence-corrected chi connectivity index (χ3v) is 7.74. The second kappa shape index (κ2) is 14.7. The molecule has 0 aliphatic heterocycles. The van der Waals surface area contributed by atoms with Gasteiger partial charge in [0.1, 0.15) is 11.4 Å². The molecule has 0 aliphatic rings. The standard InChI is InChI=1S/C37H30N2O4S/c1-43-32-14-8-9-26(23-32)24-34(39-36(41)30-12-6-3-7-13-30)37(42)38-31-19-21-33(22-20-31)44-25-35(40)29-17-15-28(16-18-29)27-10-4-2-5-11-27/h2-24H,25H2,1H3,(H,38,42)(H,39,41)/b34-24-. The maximum absolute atomic E-state index is 13.3. The zero-order chi connectivity index (χ0) is 30.7. The number of nitrogens with one attached hydrogen (secondary N) is 2. The van der Waals surface area contributed by atoms with Crippen LogP contribution in [0.3, 0.4) is 0 Å². The number of hydrogen-bond acceptors (Lipinski definition) is 5. The smallest absolute Gasteiger partial charge is 0.272 e. The van der Waals surface area contributed by atoms with E-state index in [0.29, 0.717) is 28.1 Å². The van der Waals surface area contributed by atoms with E-state index >= 15 is 0 Å². The first kappa shape index (κ1) is 30.1. The highest BCUT2D eigenvalue weighted by atomic mass is 32.2. The monoisotopic (exact) mass is 598 g/mol. The summed E-state index contributed by atoms with van der Waals surface area (Å²) < 4.78 is 5.29. The lowest BCUT2D eigenvalue weighted by molar-refractivity contribution is -0.113. The number of methoxy groups -OCH3 is 1. The molecule has 0 spiro atoms. The molecule has 0 aromatic heterocycles. The molecule has 44 heavy (non-hydrogen) atoms. The Bertz CT molecular complexity index is 1770. The number of ether oxygens (including phenoxy) is 1. The molecule has 0 aliphatic carbocycles. The molecule has 0 fully saturated rings. The fraction of sp³-hybridized carbons (Fsp3) is 0.0541. The van der Waals surface area contributed by atoms with Gasteiger partial charge in [0, 0.05) is 21.7 Å². The number of anilines is 1. The van der Waals surface area contributed by atoms with Crippen molar-refractivity contribution in [1.29, 1.82) is 0 Å². The van der Waals surface area contributed by atoms with Crippen molar-refractivity contribution in [3.63, 3.8) is 0 Å².